The summed E-state index contributed by atoms with van der Waals surface area (Å²) in [5, 5.41) is 3.50. The molecule has 0 saturated carbocycles. The largest absolute Gasteiger partial charge is 0.466 e. The Hall–Kier alpha value is -2.21. The maximum atomic E-state index is 12.0. The third-order valence-electron chi connectivity index (χ3n) is 4.09. The van der Waals surface area contributed by atoms with Gasteiger partial charge in [0.25, 0.3) is 0 Å². The van der Waals surface area contributed by atoms with Gasteiger partial charge >= 0.3 is 11.9 Å². The minimum Gasteiger partial charge on any atom is -0.466 e. The molecule has 6 nitrogen and oxygen atoms in total. The lowest BCUT2D eigenvalue weighted by atomic mass is 9.99. The van der Waals surface area contributed by atoms with Crippen LogP contribution in [-0.4, -0.2) is 39.2 Å². The van der Waals surface area contributed by atoms with Crippen LogP contribution in [0.3, 0.4) is 0 Å². The molecule has 1 atom stereocenters. The van der Waals surface area contributed by atoms with Crippen molar-refractivity contribution >= 4 is 34.9 Å². The minimum atomic E-state index is -0.664. The van der Waals surface area contributed by atoms with Gasteiger partial charge in [-0.1, -0.05) is 18.5 Å². The highest BCUT2D eigenvalue weighted by Gasteiger charge is 2.21. The first kappa shape index (κ1) is 19.1. The van der Waals surface area contributed by atoms with Gasteiger partial charge < -0.3 is 19.7 Å². The normalized spacial score (nSPS) is 17.8. The molecule has 2 rings (SSSR count). The van der Waals surface area contributed by atoms with Crippen LogP contribution in [0.15, 0.2) is 30.0 Å². The molecule has 25 heavy (non-hydrogen) atoms. The van der Waals surface area contributed by atoms with E-state index >= 15 is 0 Å². The van der Waals surface area contributed by atoms with Gasteiger partial charge in [-0.2, -0.15) is 0 Å². The summed E-state index contributed by atoms with van der Waals surface area (Å²) in [6, 6.07) is 5.45. The average Bonchev–Trinajstić information content (AvgIpc) is 2.60. The SMILES string of the molecule is COC(=O)/C=C(/Nc1cc(Cl)ccc1N1CCCC(C)C1)C(=O)OC. The molecular formula is C18H23ClN2O4. The summed E-state index contributed by atoms with van der Waals surface area (Å²) in [6.45, 7) is 4.06. The summed E-state index contributed by atoms with van der Waals surface area (Å²) in [5.74, 6) is -0.727. The molecule has 136 valence electrons. The van der Waals surface area contributed by atoms with Gasteiger partial charge in [-0.25, -0.2) is 9.59 Å². The summed E-state index contributed by atoms with van der Waals surface area (Å²) < 4.78 is 9.34. The molecule has 1 unspecified atom stereocenters. The Morgan fingerprint density at radius 2 is 2.08 bits per heavy atom. The lowest BCUT2D eigenvalue weighted by Crippen LogP contribution is -2.34. The summed E-state index contributed by atoms with van der Waals surface area (Å²) in [7, 11) is 2.49. The predicted molar refractivity (Wildman–Crippen MR) is 97.8 cm³/mol. The number of esters is 2. The molecule has 1 saturated heterocycles. The summed E-state index contributed by atoms with van der Waals surface area (Å²) in [5.41, 5.74) is 1.56. The minimum absolute atomic E-state index is 0.0112. The second kappa shape index (κ2) is 8.76. The Labute approximate surface area is 152 Å². The van der Waals surface area contributed by atoms with Crippen molar-refractivity contribution < 1.29 is 19.1 Å². The number of hydrogen-bond acceptors (Lipinski definition) is 6. The molecule has 1 N–H and O–H groups in total. The van der Waals surface area contributed by atoms with Crippen molar-refractivity contribution in [3.63, 3.8) is 0 Å². The Morgan fingerprint density at radius 1 is 1.32 bits per heavy atom. The van der Waals surface area contributed by atoms with E-state index in [-0.39, 0.29) is 5.70 Å². The van der Waals surface area contributed by atoms with Gasteiger partial charge in [0.1, 0.15) is 5.70 Å². The van der Waals surface area contributed by atoms with E-state index in [0.717, 1.165) is 31.3 Å². The predicted octanol–water partition coefficient (Wildman–Crippen LogP) is 3.22. The number of piperidine rings is 1. The molecular weight excluding hydrogens is 344 g/mol. The molecule has 1 aliphatic heterocycles. The number of hydrogen-bond donors (Lipinski definition) is 1. The number of rotatable bonds is 5. The van der Waals surface area contributed by atoms with Crippen LogP contribution >= 0.6 is 11.6 Å². The van der Waals surface area contributed by atoms with Gasteiger partial charge in [0.2, 0.25) is 0 Å². The molecule has 7 heteroatoms. The molecule has 0 aromatic heterocycles. The van der Waals surface area contributed by atoms with Crippen LogP contribution < -0.4 is 10.2 Å². The molecule has 0 radical (unpaired) electrons. The van der Waals surface area contributed by atoms with Gasteiger partial charge in [0.15, 0.2) is 0 Å². The first-order valence-corrected chi connectivity index (χ1v) is 8.52. The highest BCUT2D eigenvalue weighted by Crippen LogP contribution is 2.33. The number of benzene rings is 1. The Balaban J connectivity index is 2.35. The van der Waals surface area contributed by atoms with E-state index in [1.54, 1.807) is 6.07 Å². The zero-order valence-corrected chi connectivity index (χ0v) is 15.4. The number of nitrogens with zero attached hydrogens (tertiary/aromatic N) is 1. The lowest BCUT2D eigenvalue weighted by molar-refractivity contribution is -0.138. The number of halogens is 1. The van der Waals surface area contributed by atoms with Gasteiger partial charge in [0, 0.05) is 18.1 Å². The Kier molecular flexibility index (Phi) is 6.70. The second-order valence-corrected chi connectivity index (χ2v) is 6.49. The van der Waals surface area contributed by atoms with E-state index in [9.17, 15) is 9.59 Å². The van der Waals surface area contributed by atoms with Crippen LogP contribution in [0.2, 0.25) is 5.02 Å². The van der Waals surface area contributed by atoms with Crippen molar-refractivity contribution in [2.45, 2.75) is 19.8 Å². The number of methoxy groups -OCH3 is 2. The zero-order chi connectivity index (χ0) is 18.4. The fourth-order valence-electron chi connectivity index (χ4n) is 2.87. The van der Waals surface area contributed by atoms with Crippen LogP contribution in [-0.2, 0) is 19.1 Å². The van der Waals surface area contributed by atoms with Crippen molar-refractivity contribution in [1.82, 2.24) is 0 Å². The molecule has 0 spiro atoms. The van der Waals surface area contributed by atoms with Crippen molar-refractivity contribution in [2.24, 2.45) is 5.92 Å². The molecule has 1 fully saturated rings. The van der Waals surface area contributed by atoms with Crippen LogP contribution in [0, 0.1) is 5.92 Å². The second-order valence-electron chi connectivity index (χ2n) is 6.05. The van der Waals surface area contributed by atoms with Crippen molar-refractivity contribution in [1.29, 1.82) is 0 Å². The van der Waals surface area contributed by atoms with Crippen molar-refractivity contribution in [3.8, 4) is 0 Å². The van der Waals surface area contributed by atoms with E-state index in [1.807, 2.05) is 12.1 Å². The average molecular weight is 367 g/mol. The summed E-state index contributed by atoms with van der Waals surface area (Å²) in [4.78, 5) is 25.8. The topological polar surface area (TPSA) is 67.9 Å². The molecule has 1 aromatic rings. The standard InChI is InChI=1S/C18H23ClN2O4/c1-12-5-4-8-21(11-12)16-7-6-13(19)9-14(16)20-15(18(23)25-3)10-17(22)24-2/h6-7,9-10,12,20H,4-5,8,11H2,1-3H3/b15-10+. The van der Waals surface area contributed by atoms with E-state index < -0.39 is 11.9 Å². The molecule has 0 aliphatic carbocycles. The summed E-state index contributed by atoms with van der Waals surface area (Å²) >= 11 is 6.13. The van der Waals surface area contributed by atoms with Crippen molar-refractivity contribution in [2.75, 3.05) is 37.5 Å². The number of ether oxygens (including phenoxy) is 2. The maximum absolute atomic E-state index is 12.0. The lowest BCUT2D eigenvalue weighted by Gasteiger charge is -2.34. The number of carbonyl (C=O) groups is 2. The zero-order valence-electron chi connectivity index (χ0n) is 14.7. The first-order chi connectivity index (χ1) is 11.9. The monoisotopic (exact) mass is 366 g/mol. The van der Waals surface area contributed by atoms with E-state index in [0.29, 0.717) is 16.6 Å². The van der Waals surface area contributed by atoms with Gasteiger partial charge in [0.05, 0.1) is 31.7 Å². The number of nitrogens with one attached hydrogen (secondary N) is 1. The number of carbonyl (C=O) groups excluding carboxylic acids is 2. The van der Waals surface area contributed by atoms with E-state index in [2.05, 4.69) is 21.9 Å². The van der Waals surface area contributed by atoms with Crippen LogP contribution in [0.4, 0.5) is 11.4 Å². The molecule has 1 heterocycles. The highest BCUT2D eigenvalue weighted by molar-refractivity contribution is 6.31. The maximum Gasteiger partial charge on any atom is 0.354 e. The first-order valence-electron chi connectivity index (χ1n) is 8.14. The van der Waals surface area contributed by atoms with Crippen LogP contribution in [0.1, 0.15) is 19.8 Å². The van der Waals surface area contributed by atoms with Gasteiger partial charge in [-0.15, -0.1) is 0 Å². The fourth-order valence-corrected chi connectivity index (χ4v) is 3.04. The third-order valence-corrected chi connectivity index (χ3v) is 4.33. The van der Waals surface area contributed by atoms with Crippen LogP contribution in [0.5, 0.6) is 0 Å². The number of anilines is 2. The molecule has 0 bridgehead atoms. The third kappa shape index (κ3) is 5.13. The van der Waals surface area contributed by atoms with E-state index in [1.165, 1.54) is 20.6 Å². The Morgan fingerprint density at radius 3 is 2.72 bits per heavy atom. The molecule has 1 aromatic carbocycles. The summed E-state index contributed by atoms with van der Waals surface area (Å²) in [6.07, 6.45) is 3.36. The highest BCUT2D eigenvalue weighted by atomic mass is 35.5. The van der Waals surface area contributed by atoms with Crippen LogP contribution in [0.25, 0.3) is 0 Å². The van der Waals surface area contributed by atoms with E-state index in [4.69, 9.17) is 16.3 Å². The van der Waals surface area contributed by atoms with Gasteiger partial charge in [-0.3, -0.25) is 0 Å². The Bertz CT molecular complexity index is 675. The fraction of sp³-hybridized carbons (Fsp3) is 0.444. The smallest absolute Gasteiger partial charge is 0.354 e. The van der Waals surface area contributed by atoms with Crippen molar-refractivity contribution in [3.05, 3.63) is 35.0 Å². The quantitative estimate of drug-likeness (QED) is 0.637. The van der Waals surface area contributed by atoms with Gasteiger partial charge in [-0.05, 0) is 37.0 Å². The molecule has 0 amide bonds. The molecule has 1 aliphatic rings.